The lowest BCUT2D eigenvalue weighted by molar-refractivity contribution is 0.387. The fourth-order valence-corrected chi connectivity index (χ4v) is 2.62. The van der Waals surface area contributed by atoms with E-state index in [0.29, 0.717) is 5.69 Å². The summed E-state index contributed by atoms with van der Waals surface area (Å²) in [5.74, 6) is -0.624. The summed E-state index contributed by atoms with van der Waals surface area (Å²) in [7, 11) is -2.51. The molecule has 0 aliphatic carbocycles. The molecular formula is C13H14FN3O3S. The summed E-state index contributed by atoms with van der Waals surface area (Å²) in [6.45, 7) is 0.225. The fraction of sp³-hybridized carbons (Fsp3) is 0.154. The number of methoxy groups -OCH3 is 1. The highest BCUT2D eigenvalue weighted by Gasteiger charge is 2.15. The largest absolute Gasteiger partial charge is 0.494 e. The lowest BCUT2D eigenvalue weighted by atomic mass is 10.3. The van der Waals surface area contributed by atoms with Gasteiger partial charge in [-0.25, -0.2) is 12.8 Å². The molecule has 3 N–H and O–H groups in total. The second kappa shape index (κ2) is 6.06. The van der Waals surface area contributed by atoms with Crippen molar-refractivity contribution in [2.45, 2.75) is 11.4 Å². The smallest absolute Gasteiger partial charge is 0.263 e. The first-order valence-corrected chi connectivity index (χ1v) is 7.46. The number of hydrogen-bond acceptors (Lipinski definition) is 5. The van der Waals surface area contributed by atoms with Crippen molar-refractivity contribution in [2.24, 2.45) is 5.73 Å². The van der Waals surface area contributed by atoms with Crippen molar-refractivity contribution in [2.75, 3.05) is 11.8 Å². The van der Waals surface area contributed by atoms with E-state index < -0.39 is 15.8 Å². The van der Waals surface area contributed by atoms with Crippen molar-refractivity contribution in [3.8, 4) is 5.75 Å². The SMILES string of the molecule is COc1cc(NS(=O)(=O)c2ccc(CN)nc2)ccc1F. The molecule has 0 aliphatic heterocycles. The minimum Gasteiger partial charge on any atom is -0.494 e. The van der Waals surface area contributed by atoms with Crippen LogP contribution in [0.1, 0.15) is 5.69 Å². The summed E-state index contributed by atoms with van der Waals surface area (Å²) in [6.07, 6.45) is 1.21. The zero-order valence-corrected chi connectivity index (χ0v) is 12.0. The Morgan fingerprint density at radius 3 is 2.67 bits per heavy atom. The van der Waals surface area contributed by atoms with Gasteiger partial charge >= 0.3 is 0 Å². The Morgan fingerprint density at radius 2 is 2.10 bits per heavy atom. The molecule has 0 aliphatic rings. The van der Waals surface area contributed by atoms with E-state index in [-0.39, 0.29) is 22.9 Å². The summed E-state index contributed by atoms with van der Waals surface area (Å²) in [4.78, 5) is 3.91. The molecule has 1 aromatic heterocycles. The summed E-state index contributed by atoms with van der Waals surface area (Å²) >= 11 is 0. The Kier molecular flexibility index (Phi) is 4.39. The number of sulfonamides is 1. The molecule has 112 valence electrons. The maximum Gasteiger partial charge on any atom is 0.263 e. The van der Waals surface area contributed by atoms with Gasteiger partial charge in [0.05, 0.1) is 18.5 Å². The molecule has 2 rings (SSSR count). The molecule has 1 heterocycles. The molecule has 0 saturated heterocycles. The van der Waals surface area contributed by atoms with Gasteiger partial charge in [-0.15, -0.1) is 0 Å². The zero-order chi connectivity index (χ0) is 15.5. The van der Waals surface area contributed by atoms with Crippen LogP contribution >= 0.6 is 0 Å². The molecule has 2 aromatic rings. The number of nitrogens with zero attached hydrogens (tertiary/aromatic N) is 1. The van der Waals surface area contributed by atoms with Gasteiger partial charge in [0.1, 0.15) is 4.90 Å². The van der Waals surface area contributed by atoms with Crippen molar-refractivity contribution in [3.05, 3.63) is 48.0 Å². The molecule has 1 aromatic carbocycles. The normalized spacial score (nSPS) is 11.2. The van der Waals surface area contributed by atoms with Gasteiger partial charge in [0.15, 0.2) is 11.6 Å². The molecule has 0 amide bonds. The number of halogens is 1. The van der Waals surface area contributed by atoms with Gasteiger partial charge in [0, 0.05) is 18.8 Å². The summed E-state index contributed by atoms with van der Waals surface area (Å²) in [6, 6.07) is 6.61. The van der Waals surface area contributed by atoms with Crippen LogP contribution in [0.2, 0.25) is 0 Å². The van der Waals surface area contributed by atoms with Gasteiger partial charge in [-0.3, -0.25) is 9.71 Å². The number of hydrogen-bond donors (Lipinski definition) is 2. The Bertz CT molecular complexity index is 733. The molecule has 0 fully saturated rings. The fourth-order valence-electron chi connectivity index (χ4n) is 1.63. The van der Waals surface area contributed by atoms with Gasteiger partial charge in [-0.1, -0.05) is 0 Å². The third-order valence-corrected chi connectivity index (χ3v) is 4.09. The van der Waals surface area contributed by atoms with Gasteiger partial charge in [0.25, 0.3) is 10.0 Å². The van der Waals surface area contributed by atoms with Crippen LogP contribution in [0.25, 0.3) is 0 Å². The first kappa shape index (κ1) is 15.2. The monoisotopic (exact) mass is 311 g/mol. The maximum absolute atomic E-state index is 13.3. The molecule has 0 bridgehead atoms. The van der Waals surface area contributed by atoms with E-state index in [0.717, 1.165) is 6.07 Å². The molecule has 8 heteroatoms. The Morgan fingerprint density at radius 1 is 1.33 bits per heavy atom. The maximum atomic E-state index is 13.3. The van der Waals surface area contributed by atoms with Crippen LogP contribution < -0.4 is 15.2 Å². The van der Waals surface area contributed by atoms with E-state index in [1.807, 2.05) is 0 Å². The van der Waals surface area contributed by atoms with Crippen LogP contribution in [0.4, 0.5) is 10.1 Å². The molecule has 6 nitrogen and oxygen atoms in total. The van der Waals surface area contributed by atoms with Crippen LogP contribution in [-0.4, -0.2) is 20.5 Å². The van der Waals surface area contributed by atoms with E-state index in [1.165, 1.54) is 37.6 Å². The van der Waals surface area contributed by atoms with E-state index in [4.69, 9.17) is 10.5 Å². The van der Waals surface area contributed by atoms with Crippen molar-refractivity contribution in [1.29, 1.82) is 0 Å². The van der Waals surface area contributed by atoms with Gasteiger partial charge in [0.2, 0.25) is 0 Å². The minimum atomic E-state index is -3.81. The standard InChI is InChI=1S/C13H14FN3O3S/c1-20-13-6-9(3-5-12(13)14)17-21(18,19)11-4-2-10(7-15)16-8-11/h2-6,8,17H,7,15H2,1H3. The van der Waals surface area contributed by atoms with Gasteiger partial charge < -0.3 is 10.5 Å². The van der Waals surface area contributed by atoms with Crippen molar-refractivity contribution in [1.82, 2.24) is 4.98 Å². The highest BCUT2D eigenvalue weighted by atomic mass is 32.2. The third kappa shape index (κ3) is 3.47. The molecule has 0 atom stereocenters. The average Bonchev–Trinajstić information content (AvgIpc) is 2.49. The Labute approximate surface area is 121 Å². The second-order valence-electron chi connectivity index (χ2n) is 4.14. The quantitative estimate of drug-likeness (QED) is 0.872. The lowest BCUT2D eigenvalue weighted by Gasteiger charge is -2.10. The van der Waals surface area contributed by atoms with E-state index in [2.05, 4.69) is 9.71 Å². The summed E-state index contributed by atoms with van der Waals surface area (Å²) < 4.78 is 44.8. The molecular weight excluding hydrogens is 297 g/mol. The molecule has 0 unspecified atom stereocenters. The number of benzene rings is 1. The predicted molar refractivity (Wildman–Crippen MR) is 75.9 cm³/mol. The number of anilines is 1. The third-order valence-electron chi connectivity index (χ3n) is 2.72. The predicted octanol–water partition coefficient (Wildman–Crippen LogP) is 1.49. The van der Waals surface area contributed by atoms with E-state index >= 15 is 0 Å². The van der Waals surface area contributed by atoms with Crippen molar-refractivity contribution < 1.29 is 17.5 Å². The van der Waals surface area contributed by atoms with Crippen molar-refractivity contribution >= 4 is 15.7 Å². The summed E-state index contributed by atoms with van der Waals surface area (Å²) in [5.41, 5.74) is 6.17. The van der Waals surface area contributed by atoms with E-state index in [9.17, 15) is 12.8 Å². The number of pyridine rings is 1. The molecule has 21 heavy (non-hydrogen) atoms. The van der Waals surface area contributed by atoms with Crippen LogP contribution in [-0.2, 0) is 16.6 Å². The van der Waals surface area contributed by atoms with Crippen LogP contribution in [0.3, 0.4) is 0 Å². The number of nitrogens with one attached hydrogen (secondary N) is 1. The number of rotatable bonds is 5. The van der Waals surface area contributed by atoms with Crippen LogP contribution in [0.15, 0.2) is 41.4 Å². The second-order valence-corrected chi connectivity index (χ2v) is 5.83. The Balaban J connectivity index is 2.28. The first-order chi connectivity index (χ1) is 9.96. The van der Waals surface area contributed by atoms with Gasteiger partial charge in [-0.05, 0) is 24.3 Å². The minimum absolute atomic E-state index is 0.0111. The van der Waals surface area contributed by atoms with Crippen LogP contribution in [0, 0.1) is 5.82 Å². The molecule has 0 saturated carbocycles. The number of ether oxygens (including phenoxy) is 1. The number of nitrogens with two attached hydrogens (primary N) is 1. The molecule has 0 spiro atoms. The zero-order valence-electron chi connectivity index (χ0n) is 11.2. The summed E-state index contributed by atoms with van der Waals surface area (Å²) in [5, 5.41) is 0. The first-order valence-electron chi connectivity index (χ1n) is 5.97. The van der Waals surface area contributed by atoms with E-state index in [1.54, 1.807) is 0 Å². The highest BCUT2D eigenvalue weighted by molar-refractivity contribution is 7.92. The van der Waals surface area contributed by atoms with Crippen LogP contribution in [0.5, 0.6) is 5.75 Å². The Hall–Kier alpha value is -2.19. The number of aromatic nitrogens is 1. The highest BCUT2D eigenvalue weighted by Crippen LogP contribution is 2.23. The van der Waals surface area contributed by atoms with Gasteiger partial charge in [-0.2, -0.15) is 0 Å². The topological polar surface area (TPSA) is 94.3 Å². The average molecular weight is 311 g/mol. The van der Waals surface area contributed by atoms with Crippen molar-refractivity contribution in [3.63, 3.8) is 0 Å². The molecule has 0 radical (unpaired) electrons. The lowest BCUT2D eigenvalue weighted by Crippen LogP contribution is -2.14.